The van der Waals surface area contributed by atoms with Crippen LogP contribution in [0.3, 0.4) is 0 Å². The zero-order chi connectivity index (χ0) is 10.3. The van der Waals surface area contributed by atoms with E-state index in [1.54, 1.807) is 0 Å². The predicted octanol–water partition coefficient (Wildman–Crippen LogP) is 1.64. The van der Waals surface area contributed by atoms with Gasteiger partial charge in [-0.15, -0.1) is 0 Å². The second kappa shape index (κ2) is 3.62. The van der Waals surface area contributed by atoms with Gasteiger partial charge in [0.2, 0.25) is 0 Å². The second-order valence-corrected chi connectivity index (χ2v) is 4.80. The van der Waals surface area contributed by atoms with Gasteiger partial charge in [0.1, 0.15) is 0 Å². The maximum atomic E-state index is 9.98. The molecule has 0 radical (unpaired) electrons. The molecule has 3 rings (SSSR count). The van der Waals surface area contributed by atoms with E-state index in [0.717, 1.165) is 18.9 Å². The van der Waals surface area contributed by atoms with Crippen LogP contribution < -0.4 is 5.32 Å². The Balaban J connectivity index is 1.75. The highest BCUT2D eigenvalue weighted by atomic mass is 16.3. The van der Waals surface area contributed by atoms with E-state index >= 15 is 0 Å². The summed E-state index contributed by atoms with van der Waals surface area (Å²) in [6, 6.07) is 8.53. The smallest absolute Gasteiger partial charge is 0.0775 e. The SMILES string of the molecule is O[C@H]1Cc2ccccc2[C@H]1NCC1CC1. The van der Waals surface area contributed by atoms with Gasteiger partial charge in [-0.3, -0.25) is 0 Å². The second-order valence-electron chi connectivity index (χ2n) is 4.80. The number of hydrogen-bond donors (Lipinski definition) is 2. The molecule has 0 unspecified atom stereocenters. The van der Waals surface area contributed by atoms with Gasteiger partial charge in [-0.25, -0.2) is 0 Å². The van der Waals surface area contributed by atoms with E-state index in [1.165, 1.54) is 24.0 Å². The topological polar surface area (TPSA) is 32.3 Å². The normalized spacial score (nSPS) is 29.1. The Morgan fingerprint density at radius 1 is 1.27 bits per heavy atom. The maximum absolute atomic E-state index is 9.98. The molecule has 0 amide bonds. The first-order chi connectivity index (χ1) is 7.34. The first-order valence-corrected chi connectivity index (χ1v) is 5.84. The lowest BCUT2D eigenvalue weighted by molar-refractivity contribution is 0.141. The molecule has 80 valence electrons. The van der Waals surface area contributed by atoms with Crippen molar-refractivity contribution < 1.29 is 5.11 Å². The van der Waals surface area contributed by atoms with Gasteiger partial charge in [0.25, 0.3) is 0 Å². The first-order valence-electron chi connectivity index (χ1n) is 5.84. The Hall–Kier alpha value is -0.860. The molecule has 0 bridgehead atoms. The van der Waals surface area contributed by atoms with Crippen molar-refractivity contribution in [3.05, 3.63) is 35.4 Å². The molecule has 2 N–H and O–H groups in total. The molecule has 0 heterocycles. The molecule has 2 aliphatic carbocycles. The van der Waals surface area contributed by atoms with Gasteiger partial charge in [-0.2, -0.15) is 0 Å². The lowest BCUT2D eigenvalue weighted by Crippen LogP contribution is -2.30. The minimum absolute atomic E-state index is 0.168. The summed E-state index contributed by atoms with van der Waals surface area (Å²) >= 11 is 0. The average molecular weight is 203 g/mol. The zero-order valence-electron chi connectivity index (χ0n) is 8.82. The van der Waals surface area contributed by atoms with Crippen molar-refractivity contribution in [1.29, 1.82) is 0 Å². The number of aliphatic hydroxyl groups excluding tert-OH is 1. The number of nitrogens with one attached hydrogen (secondary N) is 1. The van der Waals surface area contributed by atoms with Crippen molar-refractivity contribution in [2.75, 3.05) is 6.54 Å². The summed E-state index contributed by atoms with van der Waals surface area (Å²) in [6.07, 6.45) is 3.29. The molecule has 2 nitrogen and oxygen atoms in total. The lowest BCUT2D eigenvalue weighted by atomic mass is 10.1. The Morgan fingerprint density at radius 2 is 2.07 bits per heavy atom. The molecule has 0 spiro atoms. The van der Waals surface area contributed by atoms with Gasteiger partial charge in [0.05, 0.1) is 12.1 Å². The van der Waals surface area contributed by atoms with Crippen LogP contribution in [0.5, 0.6) is 0 Å². The van der Waals surface area contributed by atoms with Crippen LogP contribution >= 0.6 is 0 Å². The fraction of sp³-hybridized carbons (Fsp3) is 0.538. The van der Waals surface area contributed by atoms with Crippen molar-refractivity contribution in [2.45, 2.75) is 31.4 Å². The van der Waals surface area contributed by atoms with Crippen molar-refractivity contribution in [3.8, 4) is 0 Å². The molecule has 15 heavy (non-hydrogen) atoms. The van der Waals surface area contributed by atoms with Crippen LogP contribution in [0.4, 0.5) is 0 Å². The number of benzene rings is 1. The Kier molecular flexibility index (Phi) is 2.26. The van der Waals surface area contributed by atoms with Crippen LogP contribution in [0.25, 0.3) is 0 Å². The number of aliphatic hydroxyl groups is 1. The maximum Gasteiger partial charge on any atom is 0.0775 e. The first kappa shape index (κ1) is 9.37. The standard InChI is InChI=1S/C13H17NO/c15-12-7-10-3-1-2-4-11(10)13(12)14-8-9-5-6-9/h1-4,9,12-15H,5-8H2/t12-,13+/m0/s1. The Bertz CT molecular complexity index is 359. The van der Waals surface area contributed by atoms with E-state index in [-0.39, 0.29) is 12.1 Å². The zero-order valence-corrected chi connectivity index (χ0v) is 8.82. The molecular weight excluding hydrogens is 186 g/mol. The molecular formula is C13H17NO. The summed E-state index contributed by atoms with van der Waals surface area (Å²) < 4.78 is 0. The lowest BCUT2D eigenvalue weighted by Gasteiger charge is -2.17. The van der Waals surface area contributed by atoms with Gasteiger partial charge in [0.15, 0.2) is 0 Å². The van der Waals surface area contributed by atoms with Crippen LogP contribution in [0.1, 0.15) is 30.0 Å². The van der Waals surface area contributed by atoms with E-state index in [0.29, 0.717) is 0 Å². The molecule has 1 fully saturated rings. The fourth-order valence-electron chi connectivity index (χ4n) is 2.44. The van der Waals surface area contributed by atoms with Gasteiger partial charge < -0.3 is 10.4 Å². The third kappa shape index (κ3) is 1.80. The van der Waals surface area contributed by atoms with E-state index < -0.39 is 0 Å². The average Bonchev–Trinajstić information content (AvgIpc) is 3.00. The van der Waals surface area contributed by atoms with Crippen LogP contribution in [0, 0.1) is 5.92 Å². The van der Waals surface area contributed by atoms with Gasteiger partial charge in [-0.1, -0.05) is 24.3 Å². The van der Waals surface area contributed by atoms with Crippen molar-refractivity contribution in [1.82, 2.24) is 5.32 Å². The minimum atomic E-state index is -0.235. The van der Waals surface area contributed by atoms with Crippen LogP contribution in [-0.2, 0) is 6.42 Å². The molecule has 2 atom stereocenters. The molecule has 0 aromatic heterocycles. The summed E-state index contributed by atoms with van der Waals surface area (Å²) in [7, 11) is 0. The summed E-state index contributed by atoms with van der Waals surface area (Å²) in [5.41, 5.74) is 2.60. The summed E-state index contributed by atoms with van der Waals surface area (Å²) in [5.74, 6) is 0.866. The molecule has 2 aliphatic rings. The predicted molar refractivity (Wildman–Crippen MR) is 59.6 cm³/mol. The highest BCUT2D eigenvalue weighted by Crippen LogP contribution is 2.33. The van der Waals surface area contributed by atoms with E-state index in [9.17, 15) is 5.11 Å². The van der Waals surface area contributed by atoms with E-state index in [4.69, 9.17) is 0 Å². The molecule has 0 saturated heterocycles. The van der Waals surface area contributed by atoms with Gasteiger partial charge in [-0.05, 0) is 36.4 Å². The van der Waals surface area contributed by atoms with Gasteiger partial charge in [0, 0.05) is 6.42 Å². The highest BCUT2D eigenvalue weighted by molar-refractivity contribution is 5.36. The molecule has 1 saturated carbocycles. The van der Waals surface area contributed by atoms with Crippen LogP contribution in [0.15, 0.2) is 24.3 Å². The Labute approximate surface area is 90.3 Å². The van der Waals surface area contributed by atoms with E-state index in [1.807, 2.05) is 0 Å². The summed E-state index contributed by atoms with van der Waals surface area (Å²) in [4.78, 5) is 0. The largest absolute Gasteiger partial charge is 0.391 e. The molecule has 2 heteroatoms. The van der Waals surface area contributed by atoms with Crippen molar-refractivity contribution in [3.63, 3.8) is 0 Å². The fourth-order valence-corrected chi connectivity index (χ4v) is 2.44. The minimum Gasteiger partial charge on any atom is -0.391 e. The Morgan fingerprint density at radius 3 is 2.87 bits per heavy atom. The highest BCUT2D eigenvalue weighted by Gasteiger charge is 2.31. The third-order valence-electron chi connectivity index (χ3n) is 3.53. The quantitative estimate of drug-likeness (QED) is 0.783. The number of rotatable bonds is 3. The molecule has 0 aliphatic heterocycles. The van der Waals surface area contributed by atoms with Crippen LogP contribution in [0.2, 0.25) is 0 Å². The van der Waals surface area contributed by atoms with Crippen molar-refractivity contribution in [2.24, 2.45) is 5.92 Å². The van der Waals surface area contributed by atoms with Crippen LogP contribution in [-0.4, -0.2) is 17.8 Å². The van der Waals surface area contributed by atoms with Crippen molar-refractivity contribution >= 4 is 0 Å². The summed E-state index contributed by atoms with van der Waals surface area (Å²) in [5, 5.41) is 13.5. The summed E-state index contributed by atoms with van der Waals surface area (Å²) in [6.45, 7) is 1.07. The third-order valence-corrected chi connectivity index (χ3v) is 3.53. The molecule has 1 aromatic rings. The van der Waals surface area contributed by atoms with E-state index in [2.05, 4.69) is 29.6 Å². The number of hydrogen-bond acceptors (Lipinski definition) is 2. The van der Waals surface area contributed by atoms with Gasteiger partial charge >= 0.3 is 0 Å². The number of fused-ring (bicyclic) bond motifs is 1. The monoisotopic (exact) mass is 203 g/mol. The molecule has 1 aromatic carbocycles.